The van der Waals surface area contributed by atoms with Gasteiger partial charge in [-0.1, -0.05) is 0 Å². The van der Waals surface area contributed by atoms with Crippen molar-refractivity contribution in [1.29, 1.82) is 0 Å². The summed E-state index contributed by atoms with van der Waals surface area (Å²) in [6, 6.07) is 7.99. The molecule has 1 unspecified atom stereocenters. The first-order chi connectivity index (χ1) is 9.08. The van der Waals surface area contributed by atoms with E-state index in [1.807, 2.05) is 38.1 Å². The van der Waals surface area contributed by atoms with E-state index in [-0.39, 0.29) is 6.04 Å². The maximum Gasteiger partial charge on any atom is 0.122 e. The van der Waals surface area contributed by atoms with E-state index in [4.69, 9.17) is 9.15 Å². The topological polar surface area (TPSA) is 47.3 Å². The molecule has 19 heavy (non-hydrogen) atoms. The SMILES string of the molecule is COc1cc(C)nc(CNC(C)c2ccc(C)o2)c1. The fraction of sp³-hybridized carbons (Fsp3) is 0.400. The van der Waals surface area contributed by atoms with Crippen molar-refractivity contribution in [2.24, 2.45) is 0 Å². The van der Waals surface area contributed by atoms with Crippen molar-refractivity contribution in [3.63, 3.8) is 0 Å². The Morgan fingerprint density at radius 2 is 2.11 bits per heavy atom. The number of pyridine rings is 1. The van der Waals surface area contributed by atoms with Crippen LogP contribution in [0.2, 0.25) is 0 Å². The first-order valence-corrected chi connectivity index (χ1v) is 6.40. The van der Waals surface area contributed by atoms with E-state index in [1.54, 1.807) is 7.11 Å². The monoisotopic (exact) mass is 260 g/mol. The smallest absolute Gasteiger partial charge is 0.122 e. The maximum absolute atomic E-state index is 5.59. The molecule has 0 aliphatic heterocycles. The van der Waals surface area contributed by atoms with Crippen molar-refractivity contribution in [1.82, 2.24) is 10.3 Å². The van der Waals surface area contributed by atoms with E-state index in [2.05, 4.69) is 17.2 Å². The molecule has 0 saturated heterocycles. The second-order valence-electron chi connectivity index (χ2n) is 4.69. The predicted octanol–water partition coefficient (Wildman–Crippen LogP) is 3.15. The van der Waals surface area contributed by atoms with Gasteiger partial charge in [0.25, 0.3) is 0 Å². The lowest BCUT2D eigenvalue weighted by atomic mass is 10.2. The molecule has 0 fully saturated rings. The molecule has 4 nitrogen and oxygen atoms in total. The minimum Gasteiger partial charge on any atom is -0.497 e. The number of hydrogen-bond donors (Lipinski definition) is 1. The van der Waals surface area contributed by atoms with Gasteiger partial charge < -0.3 is 14.5 Å². The Morgan fingerprint density at radius 3 is 2.74 bits per heavy atom. The number of aryl methyl sites for hydroxylation is 2. The molecule has 1 N–H and O–H groups in total. The lowest BCUT2D eigenvalue weighted by molar-refractivity contribution is 0.407. The van der Waals surface area contributed by atoms with E-state index < -0.39 is 0 Å². The fourth-order valence-electron chi connectivity index (χ4n) is 1.96. The molecule has 0 aromatic carbocycles. The minimum atomic E-state index is 0.155. The van der Waals surface area contributed by atoms with Crippen LogP contribution < -0.4 is 10.1 Å². The summed E-state index contributed by atoms with van der Waals surface area (Å²) in [4.78, 5) is 4.48. The molecule has 2 aromatic heterocycles. The largest absolute Gasteiger partial charge is 0.497 e. The van der Waals surface area contributed by atoms with Gasteiger partial charge in [-0.2, -0.15) is 0 Å². The number of hydrogen-bond acceptors (Lipinski definition) is 4. The highest BCUT2D eigenvalue weighted by atomic mass is 16.5. The highest BCUT2D eigenvalue weighted by molar-refractivity contribution is 5.26. The maximum atomic E-state index is 5.59. The molecule has 2 rings (SSSR count). The highest BCUT2D eigenvalue weighted by Crippen LogP contribution is 2.17. The first kappa shape index (κ1) is 13.6. The van der Waals surface area contributed by atoms with Gasteiger partial charge in [0, 0.05) is 24.4 Å². The van der Waals surface area contributed by atoms with Crippen LogP contribution in [0.5, 0.6) is 5.75 Å². The number of furan rings is 1. The minimum absolute atomic E-state index is 0.155. The van der Waals surface area contributed by atoms with Crippen LogP contribution in [0.4, 0.5) is 0 Å². The predicted molar refractivity (Wildman–Crippen MR) is 74.2 cm³/mol. The normalized spacial score (nSPS) is 12.4. The van der Waals surface area contributed by atoms with Crippen LogP contribution in [0.25, 0.3) is 0 Å². The molecule has 0 aliphatic rings. The van der Waals surface area contributed by atoms with Gasteiger partial charge >= 0.3 is 0 Å². The molecule has 1 atom stereocenters. The van der Waals surface area contributed by atoms with Gasteiger partial charge in [-0.3, -0.25) is 4.98 Å². The third kappa shape index (κ3) is 3.58. The second-order valence-corrected chi connectivity index (χ2v) is 4.69. The van der Waals surface area contributed by atoms with Gasteiger partial charge in [-0.05, 0) is 32.9 Å². The highest BCUT2D eigenvalue weighted by Gasteiger charge is 2.09. The fourth-order valence-corrected chi connectivity index (χ4v) is 1.96. The molecule has 0 spiro atoms. The summed E-state index contributed by atoms with van der Waals surface area (Å²) in [6.45, 7) is 6.67. The molecule has 102 valence electrons. The molecule has 0 aliphatic carbocycles. The number of nitrogens with one attached hydrogen (secondary N) is 1. The molecule has 4 heteroatoms. The molecular weight excluding hydrogens is 240 g/mol. The van der Waals surface area contributed by atoms with Crippen molar-refractivity contribution < 1.29 is 9.15 Å². The van der Waals surface area contributed by atoms with E-state index >= 15 is 0 Å². The Bertz CT molecular complexity index is 549. The number of methoxy groups -OCH3 is 1. The van der Waals surface area contributed by atoms with Crippen LogP contribution in [-0.4, -0.2) is 12.1 Å². The van der Waals surface area contributed by atoms with E-state index in [9.17, 15) is 0 Å². The second kappa shape index (κ2) is 5.89. The molecule has 2 aromatic rings. The lowest BCUT2D eigenvalue weighted by Gasteiger charge is -2.12. The average molecular weight is 260 g/mol. The summed E-state index contributed by atoms with van der Waals surface area (Å²) in [5, 5.41) is 3.40. The summed E-state index contributed by atoms with van der Waals surface area (Å²) < 4.78 is 10.8. The van der Waals surface area contributed by atoms with Crippen LogP contribution in [0.15, 0.2) is 28.7 Å². The van der Waals surface area contributed by atoms with Gasteiger partial charge in [0.05, 0.1) is 18.8 Å². The van der Waals surface area contributed by atoms with Crippen molar-refractivity contribution in [3.05, 3.63) is 47.2 Å². The van der Waals surface area contributed by atoms with Crippen molar-refractivity contribution in [3.8, 4) is 5.75 Å². The van der Waals surface area contributed by atoms with Gasteiger partial charge in [0.2, 0.25) is 0 Å². The van der Waals surface area contributed by atoms with E-state index in [0.717, 1.165) is 28.7 Å². The van der Waals surface area contributed by atoms with Gasteiger partial charge in [0.15, 0.2) is 0 Å². The van der Waals surface area contributed by atoms with Crippen molar-refractivity contribution in [2.45, 2.75) is 33.4 Å². The van der Waals surface area contributed by atoms with E-state index in [0.29, 0.717) is 6.54 Å². The lowest BCUT2D eigenvalue weighted by Crippen LogP contribution is -2.18. The number of nitrogens with zero attached hydrogens (tertiary/aromatic N) is 1. The zero-order valence-electron chi connectivity index (χ0n) is 11.9. The third-order valence-corrected chi connectivity index (χ3v) is 2.99. The molecule has 2 heterocycles. The summed E-state index contributed by atoms with van der Waals surface area (Å²) in [6.07, 6.45) is 0. The van der Waals surface area contributed by atoms with E-state index in [1.165, 1.54) is 0 Å². The Labute approximate surface area is 113 Å². The summed E-state index contributed by atoms with van der Waals surface area (Å²) in [7, 11) is 1.67. The Balaban J connectivity index is 2.00. The zero-order valence-corrected chi connectivity index (χ0v) is 11.9. The van der Waals surface area contributed by atoms with Crippen LogP contribution in [0, 0.1) is 13.8 Å². The number of ether oxygens (including phenoxy) is 1. The number of aromatic nitrogens is 1. The van der Waals surface area contributed by atoms with Crippen molar-refractivity contribution in [2.75, 3.05) is 7.11 Å². The quantitative estimate of drug-likeness (QED) is 0.897. The summed E-state index contributed by atoms with van der Waals surface area (Å²) in [5.74, 6) is 2.71. The van der Waals surface area contributed by atoms with Crippen molar-refractivity contribution >= 4 is 0 Å². The number of rotatable bonds is 5. The third-order valence-electron chi connectivity index (χ3n) is 2.99. The molecular formula is C15H20N2O2. The Kier molecular flexibility index (Phi) is 4.22. The zero-order chi connectivity index (χ0) is 13.8. The van der Waals surface area contributed by atoms with Crippen LogP contribution in [0.3, 0.4) is 0 Å². The molecule has 0 radical (unpaired) electrons. The summed E-state index contributed by atoms with van der Waals surface area (Å²) in [5.41, 5.74) is 1.92. The van der Waals surface area contributed by atoms with Crippen LogP contribution in [-0.2, 0) is 6.54 Å². The van der Waals surface area contributed by atoms with Gasteiger partial charge in [-0.15, -0.1) is 0 Å². The standard InChI is InChI=1S/C15H20N2O2/c1-10-7-14(18-4)8-13(17-10)9-16-12(3)15-6-5-11(2)19-15/h5-8,12,16H,9H2,1-4H3. The molecule has 0 bridgehead atoms. The van der Waals surface area contributed by atoms with Gasteiger partial charge in [-0.25, -0.2) is 0 Å². The summed E-state index contributed by atoms with van der Waals surface area (Å²) >= 11 is 0. The van der Waals surface area contributed by atoms with Gasteiger partial charge in [0.1, 0.15) is 17.3 Å². The Hall–Kier alpha value is -1.81. The molecule has 0 saturated carbocycles. The molecule has 0 amide bonds. The van der Waals surface area contributed by atoms with Crippen LogP contribution in [0.1, 0.15) is 35.9 Å². The first-order valence-electron chi connectivity index (χ1n) is 6.40. The Morgan fingerprint density at radius 1 is 1.32 bits per heavy atom. The van der Waals surface area contributed by atoms with Crippen LogP contribution >= 0.6 is 0 Å². The average Bonchev–Trinajstić information content (AvgIpc) is 2.82.